The summed E-state index contributed by atoms with van der Waals surface area (Å²) in [6.45, 7) is 13.7. The predicted octanol–water partition coefficient (Wildman–Crippen LogP) is 4.42. The van der Waals surface area contributed by atoms with Crippen molar-refractivity contribution in [1.29, 1.82) is 0 Å². The Bertz CT molecular complexity index is 621. The van der Waals surface area contributed by atoms with Gasteiger partial charge in [0.05, 0.1) is 0 Å². The molecule has 0 fully saturated rings. The summed E-state index contributed by atoms with van der Waals surface area (Å²) in [5, 5.41) is 3.11. The number of rotatable bonds is 7. The van der Waals surface area contributed by atoms with Gasteiger partial charge in [0.1, 0.15) is 5.82 Å². The fourth-order valence-corrected chi connectivity index (χ4v) is 1.96. The summed E-state index contributed by atoms with van der Waals surface area (Å²) in [5.74, 6) is -0.310. The van der Waals surface area contributed by atoms with Crippen LogP contribution < -0.4 is 5.32 Å². The Morgan fingerprint density at radius 2 is 1.86 bits per heavy atom. The lowest BCUT2D eigenvalue weighted by atomic mass is 9.90. The summed E-state index contributed by atoms with van der Waals surface area (Å²) in [6, 6.07) is 6.24. The molecule has 0 heterocycles. The molecule has 0 unspecified atom stereocenters. The van der Waals surface area contributed by atoms with Crippen LogP contribution in [0.1, 0.15) is 26.3 Å². The number of carbonyl (C=O) groups excluding carboxylic acids is 1. The predicted molar refractivity (Wildman–Crippen MR) is 90.7 cm³/mol. The first-order valence-corrected chi connectivity index (χ1v) is 7.11. The fourth-order valence-electron chi connectivity index (χ4n) is 1.96. The van der Waals surface area contributed by atoms with Crippen LogP contribution in [0.5, 0.6) is 0 Å². The van der Waals surface area contributed by atoms with E-state index in [1.54, 1.807) is 24.4 Å². The maximum atomic E-state index is 13.1. The molecular formula is C19H22FNO. The second-order valence-electron chi connectivity index (χ2n) is 5.29. The Labute approximate surface area is 131 Å². The van der Waals surface area contributed by atoms with E-state index >= 15 is 0 Å². The molecule has 3 heteroatoms. The van der Waals surface area contributed by atoms with E-state index in [9.17, 15) is 9.18 Å². The molecule has 0 aliphatic rings. The van der Waals surface area contributed by atoms with Crippen molar-refractivity contribution in [3.05, 3.63) is 77.8 Å². The van der Waals surface area contributed by atoms with Gasteiger partial charge in [-0.25, -0.2) is 4.39 Å². The Hall–Kier alpha value is -2.42. The van der Waals surface area contributed by atoms with E-state index in [1.807, 2.05) is 20.8 Å². The smallest absolute Gasteiger partial charge is 0.152 e. The highest BCUT2D eigenvalue weighted by atomic mass is 19.1. The van der Waals surface area contributed by atoms with Crippen molar-refractivity contribution in [2.45, 2.75) is 26.8 Å². The highest BCUT2D eigenvalue weighted by Gasteiger charge is 2.13. The average Bonchev–Trinajstić information content (AvgIpc) is 2.50. The van der Waals surface area contributed by atoms with Gasteiger partial charge in [0.25, 0.3) is 0 Å². The van der Waals surface area contributed by atoms with Gasteiger partial charge < -0.3 is 5.32 Å². The van der Waals surface area contributed by atoms with E-state index in [0.717, 1.165) is 17.4 Å². The average molecular weight is 299 g/mol. The molecule has 1 rings (SSSR count). The number of carbonyl (C=O) groups is 1. The first kappa shape index (κ1) is 17.6. The van der Waals surface area contributed by atoms with Crippen LogP contribution in [0.25, 0.3) is 5.57 Å². The van der Waals surface area contributed by atoms with E-state index in [-0.39, 0.29) is 11.9 Å². The minimum atomic E-state index is -0.310. The van der Waals surface area contributed by atoms with Crippen molar-refractivity contribution in [1.82, 2.24) is 5.32 Å². The maximum Gasteiger partial charge on any atom is 0.152 e. The van der Waals surface area contributed by atoms with Gasteiger partial charge in [-0.2, -0.15) is 0 Å². The zero-order valence-electron chi connectivity index (χ0n) is 13.3. The quantitative estimate of drug-likeness (QED) is 0.458. The molecule has 0 atom stereocenters. The molecule has 1 aromatic carbocycles. The Balaban J connectivity index is 3.32. The zero-order chi connectivity index (χ0) is 16.7. The number of halogens is 1. The highest BCUT2D eigenvalue weighted by molar-refractivity contribution is 5.94. The molecule has 0 spiro atoms. The van der Waals surface area contributed by atoms with Crippen LogP contribution in [-0.4, -0.2) is 12.3 Å². The lowest BCUT2D eigenvalue weighted by Gasteiger charge is -2.15. The standard InChI is InChI=1S/C19H22FNO/c1-6-14(4)19(17(12-22)11-21-13(2)3)15(5)16-7-9-18(20)10-8-16/h6-13,21H,1,5H2,2-4H3/b17-11-,19-14+. The second kappa shape index (κ2) is 8.13. The third kappa shape index (κ3) is 4.55. The Morgan fingerprint density at radius 3 is 2.32 bits per heavy atom. The van der Waals surface area contributed by atoms with Crippen LogP contribution in [0.3, 0.4) is 0 Å². The lowest BCUT2D eigenvalue weighted by molar-refractivity contribution is -0.104. The van der Waals surface area contributed by atoms with Crippen LogP contribution in [0.4, 0.5) is 4.39 Å². The van der Waals surface area contributed by atoms with Gasteiger partial charge in [0, 0.05) is 17.8 Å². The molecule has 0 aliphatic heterocycles. The number of allylic oxidation sites excluding steroid dienone is 5. The Morgan fingerprint density at radius 1 is 1.27 bits per heavy atom. The van der Waals surface area contributed by atoms with Crippen LogP contribution >= 0.6 is 0 Å². The van der Waals surface area contributed by atoms with E-state index < -0.39 is 0 Å². The minimum Gasteiger partial charge on any atom is -0.388 e. The third-order valence-electron chi connectivity index (χ3n) is 3.18. The van der Waals surface area contributed by atoms with Crippen molar-refractivity contribution in [2.24, 2.45) is 0 Å². The molecule has 2 nitrogen and oxygen atoms in total. The number of nitrogens with one attached hydrogen (secondary N) is 1. The zero-order valence-corrected chi connectivity index (χ0v) is 13.3. The van der Waals surface area contributed by atoms with Crippen molar-refractivity contribution in [2.75, 3.05) is 0 Å². The third-order valence-corrected chi connectivity index (χ3v) is 3.18. The molecule has 22 heavy (non-hydrogen) atoms. The summed E-state index contributed by atoms with van der Waals surface area (Å²) in [4.78, 5) is 11.5. The van der Waals surface area contributed by atoms with Crippen molar-refractivity contribution >= 4 is 11.9 Å². The maximum absolute atomic E-state index is 13.1. The molecule has 0 aliphatic carbocycles. The van der Waals surface area contributed by atoms with Crippen LogP contribution in [0.2, 0.25) is 0 Å². The molecule has 0 bridgehead atoms. The van der Waals surface area contributed by atoms with Gasteiger partial charge in [-0.1, -0.05) is 31.4 Å². The summed E-state index contributed by atoms with van der Waals surface area (Å²) >= 11 is 0. The van der Waals surface area contributed by atoms with Crippen molar-refractivity contribution in [3.63, 3.8) is 0 Å². The lowest BCUT2D eigenvalue weighted by Crippen LogP contribution is -2.17. The normalized spacial score (nSPS) is 12.7. The van der Waals surface area contributed by atoms with Gasteiger partial charge in [-0.05, 0) is 55.2 Å². The fraction of sp³-hybridized carbons (Fsp3) is 0.211. The van der Waals surface area contributed by atoms with Crippen molar-refractivity contribution in [3.8, 4) is 0 Å². The molecule has 0 amide bonds. The largest absolute Gasteiger partial charge is 0.388 e. The topological polar surface area (TPSA) is 29.1 Å². The molecule has 1 N–H and O–H groups in total. The van der Waals surface area contributed by atoms with Gasteiger partial charge in [0.15, 0.2) is 6.29 Å². The monoisotopic (exact) mass is 299 g/mol. The van der Waals surface area contributed by atoms with E-state index in [2.05, 4.69) is 18.5 Å². The second-order valence-corrected chi connectivity index (χ2v) is 5.29. The number of hydrogen-bond acceptors (Lipinski definition) is 2. The summed E-state index contributed by atoms with van der Waals surface area (Å²) < 4.78 is 13.1. The van der Waals surface area contributed by atoms with Gasteiger partial charge in [-0.15, -0.1) is 0 Å². The van der Waals surface area contributed by atoms with Crippen LogP contribution in [0.15, 0.2) is 66.4 Å². The number of hydrogen-bond donors (Lipinski definition) is 1. The van der Waals surface area contributed by atoms with Crippen molar-refractivity contribution < 1.29 is 9.18 Å². The SMILES string of the molecule is C=C/C(C)=C(C(=C)c1ccc(F)cc1)/C(C=O)=C\NC(C)C. The summed E-state index contributed by atoms with van der Waals surface area (Å²) in [6.07, 6.45) is 4.14. The molecule has 0 saturated heterocycles. The van der Waals surface area contributed by atoms with E-state index in [0.29, 0.717) is 16.7 Å². The first-order valence-electron chi connectivity index (χ1n) is 7.11. The van der Waals surface area contributed by atoms with Crippen LogP contribution in [-0.2, 0) is 4.79 Å². The molecule has 0 aromatic heterocycles. The molecule has 0 radical (unpaired) electrons. The Kier molecular flexibility index (Phi) is 6.51. The summed E-state index contributed by atoms with van der Waals surface area (Å²) in [7, 11) is 0. The molecule has 0 saturated carbocycles. The van der Waals surface area contributed by atoms with Gasteiger partial charge in [0.2, 0.25) is 0 Å². The molecular weight excluding hydrogens is 277 g/mol. The number of benzene rings is 1. The molecule has 1 aromatic rings. The minimum absolute atomic E-state index is 0.208. The van der Waals surface area contributed by atoms with Gasteiger partial charge in [-0.3, -0.25) is 4.79 Å². The van der Waals surface area contributed by atoms with E-state index in [4.69, 9.17) is 0 Å². The summed E-state index contributed by atoms with van der Waals surface area (Å²) in [5.41, 5.74) is 3.43. The van der Waals surface area contributed by atoms with E-state index in [1.165, 1.54) is 12.1 Å². The number of aldehydes is 1. The van der Waals surface area contributed by atoms with Crippen LogP contribution in [0, 0.1) is 5.82 Å². The first-order chi connectivity index (χ1) is 10.4. The highest BCUT2D eigenvalue weighted by Crippen LogP contribution is 2.29. The molecule has 116 valence electrons. The van der Waals surface area contributed by atoms with Gasteiger partial charge >= 0.3 is 0 Å².